The number of fused-ring (bicyclic) bond motifs is 1. The van der Waals surface area contributed by atoms with Crippen LogP contribution in [0.2, 0.25) is 0 Å². The summed E-state index contributed by atoms with van der Waals surface area (Å²) in [5.74, 6) is -0.315. The van der Waals surface area contributed by atoms with E-state index in [9.17, 15) is 4.79 Å². The first kappa shape index (κ1) is 8.62. The summed E-state index contributed by atoms with van der Waals surface area (Å²) in [5.41, 5.74) is 1.48. The predicted molar refractivity (Wildman–Crippen MR) is 48.5 cm³/mol. The van der Waals surface area contributed by atoms with Crippen molar-refractivity contribution in [1.29, 1.82) is 0 Å². The number of benzene rings is 1. The molecule has 4 heteroatoms. The van der Waals surface area contributed by atoms with Crippen LogP contribution < -0.4 is 4.89 Å². The van der Waals surface area contributed by atoms with Gasteiger partial charge in [0.25, 0.3) is 0 Å². The third-order valence-corrected chi connectivity index (χ3v) is 1.93. The first-order valence-corrected chi connectivity index (χ1v) is 4.11. The third kappa shape index (κ3) is 1.54. The van der Waals surface area contributed by atoms with Crippen molar-refractivity contribution >= 4 is 12.0 Å². The Kier molecular flexibility index (Phi) is 2.10. The average molecular weight is 192 g/mol. The number of carboxylic acids is 1. The Balaban J connectivity index is 2.42. The lowest BCUT2D eigenvalue weighted by molar-refractivity contribution is -0.151. The van der Waals surface area contributed by atoms with Gasteiger partial charge in [-0.15, -0.1) is 0 Å². The van der Waals surface area contributed by atoms with E-state index in [1.165, 1.54) is 6.26 Å². The average Bonchev–Trinajstić information content (AvgIpc) is 2.18. The summed E-state index contributed by atoms with van der Waals surface area (Å²) in [6.07, 6.45) is 3.06. The van der Waals surface area contributed by atoms with E-state index in [-0.39, 0.29) is 6.42 Å². The molecular weight excluding hydrogens is 184 g/mol. The Labute approximate surface area is 80.3 Å². The van der Waals surface area contributed by atoms with Gasteiger partial charge in [-0.1, -0.05) is 12.1 Å². The lowest BCUT2D eigenvalue weighted by atomic mass is 10.0. The highest BCUT2D eigenvalue weighted by molar-refractivity contribution is 5.74. The SMILES string of the molecule is O=C(O)Cc1cccc2c1C=COO2. The zero-order valence-corrected chi connectivity index (χ0v) is 7.27. The molecule has 1 aromatic rings. The van der Waals surface area contributed by atoms with E-state index in [4.69, 9.17) is 9.99 Å². The minimum absolute atomic E-state index is 0.0170. The topological polar surface area (TPSA) is 55.8 Å². The number of carbonyl (C=O) groups is 1. The molecule has 4 nitrogen and oxygen atoms in total. The van der Waals surface area contributed by atoms with Gasteiger partial charge >= 0.3 is 5.97 Å². The van der Waals surface area contributed by atoms with Crippen LogP contribution in [0.5, 0.6) is 5.75 Å². The van der Waals surface area contributed by atoms with Crippen molar-refractivity contribution in [2.24, 2.45) is 0 Å². The molecule has 1 N–H and O–H groups in total. The van der Waals surface area contributed by atoms with Crippen LogP contribution in [-0.4, -0.2) is 11.1 Å². The van der Waals surface area contributed by atoms with Crippen molar-refractivity contribution in [3.8, 4) is 5.75 Å². The summed E-state index contributed by atoms with van der Waals surface area (Å²) in [7, 11) is 0. The van der Waals surface area contributed by atoms with Gasteiger partial charge in [0.15, 0.2) is 5.75 Å². The largest absolute Gasteiger partial charge is 0.481 e. The maximum atomic E-state index is 10.6. The molecule has 0 spiro atoms. The van der Waals surface area contributed by atoms with E-state index >= 15 is 0 Å². The third-order valence-electron chi connectivity index (χ3n) is 1.93. The van der Waals surface area contributed by atoms with Crippen LogP contribution in [0.25, 0.3) is 6.08 Å². The Bertz CT molecular complexity index is 395. The molecule has 0 saturated heterocycles. The number of hydrogen-bond acceptors (Lipinski definition) is 3. The fraction of sp³-hybridized carbons (Fsp3) is 0.100. The maximum absolute atomic E-state index is 10.6. The molecule has 1 heterocycles. The second kappa shape index (κ2) is 3.41. The van der Waals surface area contributed by atoms with E-state index < -0.39 is 5.97 Å². The Hall–Kier alpha value is -1.97. The van der Waals surface area contributed by atoms with Crippen LogP contribution >= 0.6 is 0 Å². The minimum atomic E-state index is -0.863. The molecule has 1 aromatic carbocycles. The Morgan fingerprint density at radius 3 is 3.07 bits per heavy atom. The van der Waals surface area contributed by atoms with Crippen LogP contribution in [0.15, 0.2) is 24.5 Å². The maximum Gasteiger partial charge on any atom is 0.307 e. The molecule has 1 aliphatic heterocycles. The van der Waals surface area contributed by atoms with Crippen LogP contribution in [-0.2, 0) is 16.1 Å². The number of carboxylic acid groups (broad SMARTS) is 1. The predicted octanol–water partition coefficient (Wildman–Crippen LogP) is 1.61. The molecule has 72 valence electrons. The summed E-state index contributed by atoms with van der Waals surface area (Å²) in [5, 5.41) is 8.67. The summed E-state index contributed by atoms with van der Waals surface area (Å²) in [6.45, 7) is 0. The Morgan fingerprint density at radius 1 is 1.43 bits per heavy atom. The highest BCUT2D eigenvalue weighted by Gasteiger charge is 2.13. The van der Waals surface area contributed by atoms with Crippen molar-refractivity contribution in [3.05, 3.63) is 35.6 Å². The molecule has 0 unspecified atom stereocenters. The molecule has 0 amide bonds. The molecule has 0 atom stereocenters. The van der Waals surface area contributed by atoms with Crippen molar-refractivity contribution < 1.29 is 19.7 Å². The van der Waals surface area contributed by atoms with Gasteiger partial charge in [-0.05, 0) is 17.7 Å². The highest BCUT2D eigenvalue weighted by Crippen LogP contribution is 2.27. The van der Waals surface area contributed by atoms with E-state index in [0.29, 0.717) is 5.75 Å². The molecule has 0 aliphatic carbocycles. The number of rotatable bonds is 2. The van der Waals surface area contributed by atoms with Gasteiger partial charge in [-0.25, -0.2) is 0 Å². The van der Waals surface area contributed by atoms with Crippen molar-refractivity contribution in [2.45, 2.75) is 6.42 Å². The van der Waals surface area contributed by atoms with Crippen molar-refractivity contribution in [3.63, 3.8) is 0 Å². The van der Waals surface area contributed by atoms with Crippen LogP contribution in [0.1, 0.15) is 11.1 Å². The molecule has 0 aromatic heterocycles. The van der Waals surface area contributed by atoms with Crippen LogP contribution in [0.4, 0.5) is 0 Å². The molecule has 0 fully saturated rings. The molecule has 0 saturated carbocycles. The van der Waals surface area contributed by atoms with Crippen molar-refractivity contribution in [2.75, 3.05) is 0 Å². The quantitative estimate of drug-likeness (QED) is 0.723. The zero-order valence-electron chi connectivity index (χ0n) is 7.27. The summed E-state index contributed by atoms with van der Waals surface area (Å²) < 4.78 is 0. The van der Waals surface area contributed by atoms with Crippen LogP contribution in [0, 0.1) is 0 Å². The van der Waals surface area contributed by atoms with Gasteiger partial charge in [0.05, 0.1) is 6.42 Å². The standard InChI is InChI=1S/C10H8O4/c11-10(12)6-7-2-1-3-9-8(7)4-5-13-14-9/h1-5H,6H2,(H,11,12). The van der Waals surface area contributed by atoms with Gasteiger partial charge in [0.1, 0.15) is 6.26 Å². The smallest absolute Gasteiger partial charge is 0.307 e. The molecule has 14 heavy (non-hydrogen) atoms. The number of hydrogen-bond donors (Lipinski definition) is 1. The van der Waals surface area contributed by atoms with E-state index in [1.807, 2.05) is 0 Å². The molecule has 2 rings (SSSR count). The lowest BCUT2D eigenvalue weighted by Crippen LogP contribution is -2.05. The lowest BCUT2D eigenvalue weighted by Gasteiger charge is -2.12. The molecule has 1 aliphatic rings. The molecule has 0 radical (unpaired) electrons. The van der Waals surface area contributed by atoms with Gasteiger partial charge in [0, 0.05) is 5.56 Å². The van der Waals surface area contributed by atoms with Gasteiger partial charge < -0.3 is 5.11 Å². The van der Waals surface area contributed by atoms with Gasteiger partial charge in [-0.2, -0.15) is 0 Å². The fourth-order valence-corrected chi connectivity index (χ4v) is 1.34. The van der Waals surface area contributed by atoms with Gasteiger partial charge in [0.2, 0.25) is 0 Å². The molecular formula is C10H8O4. The van der Waals surface area contributed by atoms with Crippen LogP contribution in [0.3, 0.4) is 0 Å². The fourth-order valence-electron chi connectivity index (χ4n) is 1.34. The minimum Gasteiger partial charge on any atom is -0.481 e. The second-order valence-electron chi connectivity index (χ2n) is 2.88. The first-order valence-electron chi connectivity index (χ1n) is 4.11. The van der Waals surface area contributed by atoms with E-state index in [2.05, 4.69) is 4.89 Å². The normalized spacial score (nSPS) is 12.6. The zero-order chi connectivity index (χ0) is 9.97. The summed E-state index contributed by atoms with van der Waals surface area (Å²) in [4.78, 5) is 20.1. The summed E-state index contributed by atoms with van der Waals surface area (Å²) in [6, 6.07) is 5.22. The van der Waals surface area contributed by atoms with Gasteiger partial charge in [-0.3, -0.25) is 14.6 Å². The highest BCUT2D eigenvalue weighted by atomic mass is 17.2. The second-order valence-corrected chi connectivity index (χ2v) is 2.88. The van der Waals surface area contributed by atoms with E-state index in [1.54, 1.807) is 24.3 Å². The monoisotopic (exact) mass is 192 g/mol. The molecule has 0 bridgehead atoms. The number of aliphatic carboxylic acids is 1. The Morgan fingerprint density at radius 2 is 2.29 bits per heavy atom. The summed E-state index contributed by atoms with van der Waals surface area (Å²) >= 11 is 0. The van der Waals surface area contributed by atoms with Crippen molar-refractivity contribution in [1.82, 2.24) is 0 Å². The van der Waals surface area contributed by atoms with E-state index in [0.717, 1.165) is 11.1 Å². The first-order chi connectivity index (χ1) is 6.77.